The summed E-state index contributed by atoms with van der Waals surface area (Å²) in [4.78, 5) is 19.2. The second kappa shape index (κ2) is 5.02. The second-order valence-electron chi connectivity index (χ2n) is 4.65. The first-order chi connectivity index (χ1) is 9.16. The zero-order valence-corrected chi connectivity index (χ0v) is 12.3. The Kier molecular flexibility index (Phi) is 3.36. The Morgan fingerprint density at radius 3 is 3.16 bits per heavy atom. The highest BCUT2D eigenvalue weighted by molar-refractivity contribution is 7.99. The smallest absolute Gasteiger partial charge is 0.266 e. The highest BCUT2D eigenvalue weighted by Crippen LogP contribution is 2.34. The molecule has 0 saturated carbocycles. The van der Waals surface area contributed by atoms with Crippen molar-refractivity contribution in [3.05, 3.63) is 23.3 Å². The summed E-state index contributed by atoms with van der Waals surface area (Å²) >= 11 is 3.35. The highest BCUT2D eigenvalue weighted by Gasteiger charge is 2.25. The molecule has 0 spiro atoms. The van der Waals surface area contributed by atoms with Gasteiger partial charge in [0.15, 0.2) is 0 Å². The van der Waals surface area contributed by atoms with E-state index in [1.807, 2.05) is 22.7 Å². The van der Waals surface area contributed by atoms with E-state index < -0.39 is 0 Å². The molecular formula is C13H15N3OS2. The number of carbonyl (C=O) groups excluding carboxylic acids is 1. The van der Waals surface area contributed by atoms with E-state index in [1.54, 1.807) is 12.4 Å². The first kappa shape index (κ1) is 12.7. The largest absolute Gasteiger partial charge is 0.397 e. The summed E-state index contributed by atoms with van der Waals surface area (Å²) in [6.07, 6.45) is 3.47. The highest BCUT2D eigenvalue weighted by atomic mass is 32.2. The lowest BCUT2D eigenvalue weighted by molar-refractivity contribution is 0.0769. The standard InChI is InChI=1S/C13H15N3OS2/c1-8-7-16(4-5-18-8)13(17)12-11(14)9-2-3-15-6-10(9)19-12/h2-3,6,8H,4-5,7,14H2,1H3. The summed E-state index contributed by atoms with van der Waals surface area (Å²) in [5.74, 6) is 1.06. The van der Waals surface area contributed by atoms with Crippen molar-refractivity contribution in [3.63, 3.8) is 0 Å². The lowest BCUT2D eigenvalue weighted by Crippen LogP contribution is -2.40. The van der Waals surface area contributed by atoms with Crippen molar-refractivity contribution in [2.45, 2.75) is 12.2 Å². The van der Waals surface area contributed by atoms with Gasteiger partial charge in [0.2, 0.25) is 0 Å². The second-order valence-corrected chi connectivity index (χ2v) is 7.25. The summed E-state index contributed by atoms with van der Waals surface area (Å²) in [6.45, 7) is 3.76. The van der Waals surface area contributed by atoms with Gasteiger partial charge in [-0.15, -0.1) is 11.3 Å². The molecule has 1 aliphatic rings. The number of aromatic nitrogens is 1. The fourth-order valence-corrected chi connectivity index (χ4v) is 4.35. The van der Waals surface area contributed by atoms with Crippen molar-refractivity contribution in [3.8, 4) is 0 Å². The monoisotopic (exact) mass is 293 g/mol. The van der Waals surface area contributed by atoms with E-state index in [2.05, 4.69) is 11.9 Å². The number of carbonyl (C=O) groups is 1. The van der Waals surface area contributed by atoms with Crippen LogP contribution < -0.4 is 5.73 Å². The number of rotatable bonds is 1. The van der Waals surface area contributed by atoms with Crippen molar-refractivity contribution in [1.82, 2.24) is 9.88 Å². The maximum atomic E-state index is 12.6. The molecule has 0 radical (unpaired) electrons. The quantitative estimate of drug-likeness (QED) is 0.877. The third-order valence-electron chi connectivity index (χ3n) is 3.25. The number of nitrogens with two attached hydrogens (primary N) is 1. The number of amides is 1. The molecule has 2 aromatic rings. The fraction of sp³-hybridized carbons (Fsp3) is 0.385. The van der Waals surface area contributed by atoms with Gasteiger partial charge in [-0.25, -0.2) is 0 Å². The Morgan fingerprint density at radius 2 is 2.42 bits per heavy atom. The van der Waals surface area contributed by atoms with E-state index >= 15 is 0 Å². The number of thioether (sulfide) groups is 1. The van der Waals surface area contributed by atoms with Crippen LogP contribution in [0, 0.1) is 0 Å². The normalized spacial score (nSPS) is 19.8. The van der Waals surface area contributed by atoms with E-state index in [1.165, 1.54) is 11.3 Å². The molecular weight excluding hydrogens is 278 g/mol. The van der Waals surface area contributed by atoms with E-state index in [0.717, 1.165) is 28.9 Å². The fourth-order valence-electron chi connectivity index (χ4n) is 2.28. The number of thiophene rings is 1. The average Bonchev–Trinajstić information content (AvgIpc) is 2.76. The maximum Gasteiger partial charge on any atom is 0.266 e. The van der Waals surface area contributed by atoms with Crippen molar-refractivity contribution >= 4 is 44.8 Å². The van der Waals surface area contributed by atoms with Gasteiger partial charge < -0.3 is 10.6 Å². The van der Waals surface area contributed by atoms with Crippen LogP contribution in [0.3, 0.4) is 0 Å². The number of hydrogen-bond acceptors (Lipinski definition) is 5. The van der Waals surface area contributed by atoms with Gasteiger partial charge in [0.1, 0.15) is 4.88 Å². The molecule has 100 valence electrons. The molecule has 1 aliphatic heterocycles. The first-order valence-electron chi connectivity index (χ1n) is 6.19. The summed E-state index contributed by atoms with van der Waals surface area (Å²) in [7, 11) is 0. The summed E-state index contributed by atoms with van der Waals surface area (Å²) in [6, 6.07) is 1.87. The molecule has 1 fully saturated rings. The molecule has 1 saturated heterocycles. The molecule has 0 bridgehead atoms. The van der Waals surface area contributed by atoms with Crippen LogP contribution in [-0.2, 0) is 0 Å². The van der Waals surface area contributed by atoms with Crippen molar-refractivity contribution < 1.29 is 4.79 Å². The number of nitrogens with zero attached hydrogens (tertiary/aromatic N) is 2. The van der Waals surface area contributed by atoms with Gasteiger partial charge in [-0.2, -0.15) is 11.8 Å². The van der Waals surface area contributed by atoms with Gasteiger partial charge in [-0.3, -0.25) is 9.78 Å². The third kappa shape index (κ3) is 2.30. The van der Waals surface area contributed by atoms with Crippen LogP contribution in [-0.4, -0.2) is 39.9 Å². The molecule has 1 unspecified atom stereocenters. The van der Waals surface area contributed by atoms with Gasteiger partial charge in [0.05, 0.1) is 10.4 Å². The van der Waals surface area contributed by atoms with Crippen LogP contribution in [0.25, 0.3) is 10.1 Å². The predicted octanol–water partition coefficient (Wildman–Crippen LogP) is 2.46. The summed E-state index contributed by atoms with van der Waals surface area (Å²) in [5, 5.41) is 1.43. The number of pyridine rings is 1. The van der Waals surface area contributed by atoms with Gasteiger partial charge >= 0.3 is 0 Å². The Balaban J connectivity index is 1.95. The summed E-state index contributed by atoms with van der Waals surface area (Å²) in [5.41, 5.74) is 6.71. The Morgan fingerprint density at radius 1 is 1.58 bits per heavy atom. The topological polar surface area (TPSA) is 59.2 Å². The van der Waals surface area contributed by atoms with E-state index in [0.29, 0.717) is 15.8 Å². The van der Waals surface area contributed by atoms with Crippen LogP contribution in [0.4, 0.5) is 5.69 Å². The molecule has 1 atom stereocenters. The molecule has 0 aliphatic carbocycles. The van der Waals surface area contributed by atoms with Crippen LogP contribution >= 0.6 is 23.1 Å². The minimum atomic E-state index is 0.0610. The first-order valence-corrected chi connectivity index (χ1v) is 8.06. The summed E-state index contributed by atoms with van der Waals surface area (Å²) < 4.78 is 0.975. The Labute approximate surface area is 120 Å². The van der Waals surface area contributed by atoms with Crippen molar-refractivity contribution in [2.75, 3.05) is 24.6 Å². The molecule has 1 amide bonds. The number of fused-ring (bicyclic) bond motifs is 1. The molecule has 19 heavy (non-hydrogen) atoms. The van der Waals surface area contributed by atoms with E-state index in [4.69, 9.17) is 5.73 Å². The van der Waals surface area contributed by atoms with Gasteiger partial charge in [0, 0.05) is 41.9 Å². The minimum Gasteiger partial charge on any atom is -0.397 e. The van der Waals surface area contributed by atoms with Gasteiger partial charge in [-0.1, -0.05) is 6.92 Å². The van der Waals surface area contributed by atoms with E-state index in [-0.39, 0.29) is 5.91 Å². The van der Waals surface area contributed by atoms with Crippen LogP contribution in [0.15, 0.2) is 18.5 Å². The molecule has 3 heterocycles. The lowest BCUT2D eigenvalue weighted by atomic mass is 10.2. The number of anilines is 1. The number of nitrogen functional groups attached to an aromatic ring is 1. The predicted molar refractivity (Wildman–Crippen MR) is 81.9 cm³/mol. The van der Waals surface area contributed by atoms with Crippen molar-refractivity contribution in [2.24, 2.45) is 0 Å². The lowest BCUT2D eigenvalue weighted by Gasteiger charge is -2.30. The van der Waals surface area contributed by atoms with Crippen LogP contribution in [0.1, 0.15) is 16.6 Å². The third-order valence-corrected chi connectivity index (χ3v) is 5.53. The molecule has 6 heteroatoms. The minimum absolute atomic E-state index is 0.0610. The molecule has 2 aromatic heterocycles. The molecule has 4 nitrogen and oxygen atoms in total. The zero-order chi connectivity index (χ0) is 13.4. The molecule has 3 rings (SSSR count). The average molecular weight is 293 g/mol. The number of hydrogen-bond donors (Lipinski definition) is 1. The molecule has 0 aromatic carbocycles. The van der Waals surface area contributed by atoms with Crippen molar-refractivity contribution in [1.29, 1.82) is 0 Å². The zero-order valence-electron chi connectivity index (χ0n) is 10.6. The SMILES string of the molecule is CC1CN(C(=O)c2sc3cnccc3c2N)CCS1. The van der Waals surface area contributed by atoms with E-state index in [9.17, 15) is 4.79 Å². The molecule has 2 N–H and O–H groups in total. The maximum absolute atomic E-state index is 12.6. The van der Waals surface area contributed by atoms with Crippen LogP contribution in [0.5, 0.6) is 0 Å². The van der Waals surface area contributed by atoms with Crippen LogP contribution in [0.2, 0.25) is 0 Å². The van der Waals surface area contributed by atoms with Gasteiger partial charge in [0.25, 0.3) is 5.91 Å². The Bertz CT molecular complexity index is 625. The Hall–Kier alpha value is -1.27. The van der Waals surface area contributed by atoms with Gasteiger partial charge in [-0.05, 0) is 6.07 Å².